The number of ether oxygens (including phenoxy) is 1. The Hall–Kier alpha value is -2.28. The van der Waals surface area contributed by atoms with E-state index in [0.717, 1.165) is 0 Å². The molecule has 0 aliphatic carbocycles. The molecule has 0 saturated heterocycles. The first-order valence-corrected chi connectivity index (χ1v) is 7.05. The van der Waals surface area contributed by atoms with Crippen molar-refractivity contribution in [3.63, 3.8) is 0 Å². The first kappa shape index (κ1) is 15.1. The third kappa shape index (κ3) is 4.09. The van der Waals surface area contributed by atoms with E-state index < -0.39 is 17.9 Å². The molecule has 1 aromatic heterocycles. The summed E-state index contributed by atoms with van der Waals surface area (Å²) in [4.78, 5) is 27.6. The number of carbonyl (C=O) groups is 2. The standard InChI is InChI=1S/C14H13FN2O3S/c1-20-14(19)11(6-9-2-4-10(15)5-3-9)17-13(18)12-7-21-8-16-12/h2-5,7-8,11H,6H2,1H3,(H,17,18)/t11-/m1/s1. The van der Waals surface area contributed by atoms with Gasteiger partial charge in [-0.3, -0.25) is 4.79 Å². The first-order chi connectivity index (χ1) is 10.1. The molecular formula is C14H13FN2O3S. The molecule has 0 aliphatic rings. The Morgan fingerprint density at radius 1 is 1.38 bits per heavy atom. The number of benzene rings is 1. The van der Waals surface area contributed by atoms with Gasteiger partial charge in [-0.25, -0.2) is 14.2 Å². The van der Waals surface area contributed by atoms with E-state index in [-0.39, 0.29) is 17.9 Å². The molecule has 1 amide bonds. The molecule has 1 N–H and O–H groups in total. The van der Waals surface area contributed by atoms with Gasteiger partial charge in [-0.2, -0.15) is 0 Å². The van der Waals surface area contributed by atoms with E-state index in [1.807, 2.05) is 0 Å². The highest BCUT2D eigenvalue weighted by atomic mass is 32.1. The SMILES string of the molecule is COC(=O)[C@@H](Cc1ccc(F)cc1)NC(=O)c1cscn1. The van der Waals surface area contributed by atoms with Crippen molar-refractivity contribution in [1.29, 1.82) is 0 Å². The second-order valence-corrected chi connectivity index (χ2v) is 4.97. The fraction of sp³-hybridized carbons (Fsp3) is 0.214. The maximum atomic E-state index is 12.9. The number of amides is 1. The number of carbonyl (C=O) groups excluding carboxylic acids is 2. The fourth-order valence-corrected chi connectivity index (χ4v) is 2.28. The molecule has 110 valence electrons. The fourth-order valence-electron chi connectivity index (χ4n) is 1.75. The third-order valence-corrected chi connectivity index (χ3v) is 3.40. The predicted molar refractivity (Wildman–Crippen MR) is 75.5 cm³/mol. The summed E-state index contributed by atoms with van der Waals surface area (Å²) in [6, 6.07) is 4.85. The van der Waals surface area contributed by atoms with Crippen molar-refractivity contribution in [2.75, 3.05) is 7.11 Å². The van der Waals surface area contributed by atoms with E-state index >= 15 is 0 Å². The summed E-state index contributed by atoms with van der Waals surface area (Å²) >= 11 is 1.28. The van der Waals surface area contributed by atoms with E-state index in [1.165, 1.54) is 36.1 Å². The van der Waals surface area contributed by atoms with E-state index in [4.69, 9.17) is 0 Å². The number of halogens is 1. The zero-order valence-electron chi connectivity index (χ0n) is 11.2. The minimum Gasteiger partial charge on any atom is -0.467 e. The number of methoxy groups -OCH3 is 1. The first-order valence-electron chi connectivity index (χ1n) is 6.11. The Morgan fingerprint density at radius 3 is 2.67 bits per heavy atom. The summed E-state index contributed by atoms with van der Waals surface area (Å²) in [6.07, 6.45) is 0.211. The van der Waals surface area contributed by atoms with E-state index in [9.17, 15) is 14.0 Å². The molecule has 0 spiro atoms. The normalized spacial score (nSPS) is 11.7. The van der Waals surface area contributed by atoms with Gasteiger partial charge in [0.25, 0.3) is 5.91 Å². The van der Waals surface area contributed by atoms with Crippen LogP contribution in [-0.4, -0.2) is 30.0 Å². The number of rotatable bonds is 5. The highest BCUT2D eigenvalue weighted by Crippen LogP contribution is 2.08. The van der Waals surface area contributed by atoms with Crippen LogP contribution < -0.4 is 5.32 Å². The molecule has 0 bridgehead atoms. The summed E-state index contributed by atoms with van der Waals surface area (Å²) in [5.41, 5.74) is 2.49. The Bertz CT molecular complexity index is 614. The van der Waals surface area contributed by atoms with Crippen LogP contribution in [0.2, 0.25) is 0 Å². The average molecular weight is 308 g/mol. The Kier molecular flexibility index (Phi) is 4.99. The summed E-state index contributed by atoms with van der Waals surface area (Å²) in [5.74, 6) is -1.38. The molecule has 2 rings (SSSR count). The van der Waals surface area contributed by atoms with E-state index in [2.05, 4.69) is 15.0 Å². The van der Waals surface area contributed by atoms with Crippen LogP contribution in [0.3, 0.4) is 0 Å². The van der Waals surface area contributed by atoms with Gasteiger partial charge in [-0.1, -0.05) is 12.1 Å². The molecule has 0 fully saturated rings. The van der Waals surface area contributed by atoms with Crippen molar-refractivity contribution >= 4 is 23.2 Å². The van der Waals surface area contributed by atoms with Gasteiger partial charge in [-0.05, 0) is 17.7 Å². The average Bonchev–Trinajstić information content (AvgIpc) is 3.02. The Balaban J connectivity index is 2.09. The second kappa shape index (κ2) is 6.94. The van der Waals surface area contributed by atoms with E-state index in [1.54, 1.807) is 17.5 Å². The lowest BCUT2D eigenvalue weighted by atomic mass is 10.1. The summed E-state index contributed by atoms with van der Waals surface area (Å²) in [6.45, 7) is 0. The monoisotopic (exact) mass is 308 g/mol. The molecule has 1 aromatic carbocycles. The van der Waals surface area contributed by atoms with Crippen LogP contribution in [-0.2, 0) is 16.0 Å². The summed E-state index contributed by atoms with van der Waals surface area (Å²) in [7, 11) is 1.25. The number of nitrogens with zero attached hydrogens (tertiary/aromatic N) is 1. The topological polar surface area (TPSA) is 68.3 Å². The van der Waals surface area contributed by atoms with Gasteiger partial charge in [0.2, 0.25) is 0 Å². The maximum Gasteiger partial charge on any atom is 0.328 e. The quantitative estimate of drug-likeness (QED) is 0.855. The smallest absolute Gasteiger partial charge is 0.328 e. The molecule has 7 heteroatoms. The largest absolute Gasteiger partial charge is 0.467 e. The third-order valence-electron chi connectivity index (χ3n) is 2.81. The van der Waals surface area contributed by atoms with Crippen molar-refractivity contribution in [1.82, 2.24) is 10.3 Å². The van der Waals surface area contributed by atoms with Gasteiger partial charge in [0.05, 0.1) is 12.6 Å². The van der Waals surface area contributed by atoms with Crippen molar-refractivity contribution in [3.8, 4) is 0 Å². The van der Waals surface area contributed by atoms with Crippen LogP contribution in [0.15, 0.2) is 35.2 Å². The Labute approximate surface area is 124 Å². The van der Waals surface area contributed by atoms with Crippen LogP contribution in [0.4, 0.5) is 4.39 Å². The van der Waals surface area contributed by atoms with Crippen LogP contribution in [0.5, 0.6) is 0 Å². The molecule has 1 atom stereocenters. The molecule has 1 heterocycles. The highest BCUT2D eigenvalue weighted by molar-refractivity contribution is 7.07. The molecule has 0 aliphatic heterocycles. The van der Waals surface area contributed by atoms with Crippen LogP contribution >= 0.6 is 11.3 Å². The van der Waals surface area contributed by atoms with Crippen LogP contribution in [0.1, 0.15) is 16.1 Å². The molecule has 21 heavy (non-hydrogen) atoms. The lowest BCUT2D eigenvalue weighted by molar-refractivity contribution is -0.142. The van der Waals surface area contributed by atoms with Crippen molar-refractivity contribution in [3.05, 3.63) is 52.2 Å². The Morgan fingerprint density at radius 2 is 2.10 bits per heavy atom. The number of hydrogen-bond acceptors (Lipinski definition) is 5. The summed E-state index contributed by atoms with van der Waals surface area (Å²) in [5, 5.41) is 4.16. The highest BCUT2D eigenvalue weighted by Gasteiger charge is 2.23. The molecule has 5 nitrogen and oxygen atoms in total. The van der Waals surface area contributed by atoms with Gasteiger partial charge in [0.1, 0.15) is 17.6 Å². The molecule has 0 unspecified atom stereocenters. The van der Waals surface area contributed by atoms with Crippen LogP contribution in [0, 0.1) is 5.82 Å². The molecular weight excluding hydrogens is 295 g/mol. The zero-order chi connectivity index (χ0) is 15.2. The molecule has 0 radical (unpaired) electrons. The van der Waals surface area contributed by atoms with Gasteiger partial charge in [0.15, 0.2) is 0 Å². The van der Waals surface area contributed by atoms with E-state index in [0.29, 0.717) is 5.56 Å². The number of nitrogens with one attached hydrogen (secondary N) is 1. The number of aromatic nitrogens is 1. The van der Waals surface area contributed by atoms with Gasteiger partial charge >= 0.3 is 5.97 Å². The number of thiazole rings is 1. The van der Waals surface area contributed by atoms with Gasteiger partial charge in [0, 0.05) is 11.8 Å². The van der Waals surface area contributed by atoms with Crippen molar-refractivity contribution < 1.29 is 18.7 Å². The number of esters is 1. The lowest BCUT2D eigenvalue weighted by Crippen LogP contribution is -2.43. The maximum absolute atomic E-state index is 12.9. The zero-order valence-corrected chi connectivity index (χ0v) is 12.0. The lowest BCUT2D eigenvalue weighted by Gasteiger charge is -2.16. The van der Waals surface area contributed by atoms with Crippen LogP contribution in [0.25, 0.3) is 0 Å². The van der Waals surface area contributed by atoms with Crippen molar-refractivity contribution in [2.24, 2.45) is 0 Å². The molecule has 0 saturated carbocycles. The summed E-state index contributed by atoms with van der Waals surface area (Å²) < 4.78 is 17.6. The molecule has 2 aromatic rings. The minimum absolute atomic E-state index is 0.211. The second-order valence-electron chi connectivity index (χ2n) is 4.25. The number of hydrogen-bond donors (Lipinski definition) is 1. The predicted octanol–water partition coefficient (Wildman–Crippen LogP) is 1.80. The van der Waals surface area contributed by atoms with Crippen molar-refractivity contribution in [2.45, 2.75) is 12.5 Å². The van der Waals surface area contributed by atoms with Gasteiger partial charge < -0.3 is 10.1 Å². The minimum atomic E-state index is -0.852. The van der Waals surface area contributed by atoms with Gasteiger partial charge in [-0.15, -0.1) is 11.3 Å².